The Balaban J connectivity index is 1.59. The number of hydrogen-bond donors (Lipinski definition) is 0. The number of amides is 1. The lowest BCUT2D eigenvalue weighted by molar-refractivity contribution is -0.115. The van der Waals surface area contributed by atoms with Crippen LogP contribution in [-0.2, 0) is 4.79 Å². The number of carbonyl (C=O) groups is 1. The van der Waals surface area contributed by atoms with Gasteiger partial charge in [-0.1, -0.05) is 42.5 Å². The molecule has 2 aromatic heterocycles. The second-order valence-electron chi connectivity index (χ2n) is 6.01. The van der Waals surface area contributed by atoms with Gasteiger partial charge in [-0.3, -0.25) is 9.69 Å². The summed E-state index contributed by atoms with van der Waals surface area (Å²) >= 11 is 1.44. The van der Waals surface area contributed by atoms with Crippen LogP contribution in [0.25, 0.3) is 23.1 Å². The van der Waals surface area contributed by atoms with Crippen LogP contribution >= 0.6 is 11.3 Å². The van der Waals surface area contributed by atoms with Crippen molar-refractivity contribution in [2.24, 2.45) is 0 Å². The molecule has 4 rings (SSSR count). The van der Waals surface area contributed by atoms with Crippen molar-refractivity contribution < 1.29 is 4.79 Å². The van der Waals surface area contributed by atoms with Gasteiger partial charge in [0.25, 0.3) is 0 Å². The van der Waals surface area contributed by atoms with Gasteiger partial charge in [-0.15, -0.1) is 11.3 Å². The van der Waals surface area contributed by atoms with E-state index in [1.165, 1.54) is 11.3 Å². The van der Waals surface area contributed by atoms with Gasteiger partial charge in [-0.05, 0) is 36.4 Å². The minimum absolute atomic E-state index is 0.0673. The molecular formula is C22H17N3OS. The molecule has 5 heteroatoms. The Hall–Kier alpha value is -3.31. The third-order valence-corrected chi connectivity index (χ3v) is 4.92. The molecule has 0 unspecified atom stereocenters. The Morgan fingerprint density at radius 1 is 0.889 bits per heavy atom. The van der Waals surface area contributed by atoms with Gasteiger partial charge < -0.3 is 0 Å². The SMILES string of the molecule is CC(=O)N(c1ccccc1)c1nc(/C=C/c2ccc3ccccc3n2)cs1. The van der Waals surface area contributed by atoms with Gasteiger partial charge in [0, 0.05) is 17.7 Å². The highest BCUT2D eigenvalue weighted by molar-refractivity contribution is 7.14. The molecule has 0 spiro atoms. The number of benzene rings is 2. The number of para-hydroxylation sites is 2. The van der Waals surface area contributed by atoms with E-state index in [1.54, 1.807) is 11.8 Å². The molecule has 0 atom stereocenters. The van der Waals surface area contributed by atoms with E-state index in [9.17, 15) is 4.79 Å². The maximum absolute atomic E-state index is 12.1. The normalized spacial score (nSPS) is 11.1. The van der Waals surface area contributed by atoms with Gasteiger partial charge in [0.05, 0.1) is 22.6 Å². The summed E-state index contributed by atoms with van der Waals surface area (Å²) in [4.78, 5) is 23.0. The third-order valence-electron chi connectivity index (χ3n) is 4.08. The van der Waals surface area contributed by atoms with Crippen LogP contribution in [0.2, 0.25) is 0 Å². The summed E-state index contributed by atoms with van der Waals surface area (Å²) in [6.45, 7) is 1.54. The van der Waals surface area contributed by atoms with Gasteiger partial charge in [-0.2, -0.15) is 0 Å². The van der Waals surface area contributed by atoms with Crippen LogP contribution in [0.4, 0.5) is 10.8 Å². The van der Waals surface area contributed by atoms with Crippen molar-refractivity contribution in [1.82, 2.24) is 9.97 Å². The number of nitrogens with zero attached hydrogens (tertiary/aromatic N) is 3. The van der Waals surface area contributed by atoms with Crippen molar-refractivity contribution >= 4 is 51.1 Å². The molecule has 0 aliphatic carbocycles. The molecule has 0 aliphatic rings. The summed E-state index contributed by atoms with van der Waals surface area (Å²) in [7, 11) is 0. The standard InChI is InChI=1S/C22H17N3OS/c1-16(26)25(20-8-3-2-4-9-20)22-24-19(15-27-22)14-13-18-12-11-17-7-5-6-10-21(17)23-18/h2-15H,1H3/b14-13+. The number of anilines is 2. The maximum atomic E-state index is 12.1. The summed E-state index contributed by atoms with van der Waals surface area (Å²) < 4.78 is 0. The van der Waals surface area contributed by atoms with Crippen molar-refractivity contribution in [3.63, 3.8) is 0 Å². The van der Waals surface area contributed by atoms with Crippen LogP contribution in [-0.4, -0.2) is 15.9 Å². The Labute approximate surface area is 161 Å². The van der Waals surface area contributed by atoms with E-state index in [1.807, 2.05) is 78.2 Å². The van der Waals surface area contributed by atoms with E-state index in [4.69, 9.17) is 0 Å². The number of carbonyl (C=O) groups excluding carboxylic acids is 1. The number of aromatic nitrogens is 2. The largest absolute Gasteiger partial charge is 0.274 e. The first-order valence-electron chi connectivity index (χ1n) is 8.56. The highest BCUT2D eigenvalue weighted by Crippen LogP contribution is 2.29. The number of pyridine rings is 1. The van der Waals surface area contributed by atoms with Crippen LogP contribution < -0.4 is 4.90 Å². The Morgan fingerprint density at radius 2 is 1.63 bits per heavy atom. The number of hydrogen-bond acceptors (Lipinski definition) is 4. The molecule has 2 aromatic carbocycles. The monoisotopic (exact) mass is 371 g/mol. The second kappa shape index (κ2) is 7.51. The molecule has 0 radical (unpaired) electrons. The van der Waals surface area contributed by atoms with E-state index in [2.05, 4.69) is 16.0 Å². The molecule has 0 aliphatic heterocycles. The fourth-order valence-electron chi connectivity index (χ4n) is 2.80. The first-order valence-corrected chi connectivity index (χ1v) is 9.44. The summed E-state index contributed by atoms with van der Waals surface area (Å²) in [5.41, 5.74) is 3.44. The van der Waals surface area contributed by atoms with Gasteiger partial charge in [0.1, 0.15) is 0 Å². The predicted octanol–water partition coefficient (Wildman–Crippen LogP) is 5.55. The van der Waals surface area contributed by atoms with Crippen LogP contribution in [0.3, 0.4) is 0 Å². The molecule has 0 saturated heterocycles. The van der Waals surface area contributed by atoms with Crippen molar-refractivity contribution in [1.29, 1.82) is 0 Å². The Kier molecular flexibility index (Phi) is 4.77. The fraction of sp³-hybridized carbons (Fsp3) is 0.0455. The molecule has 27 heavy (non-hydrogen) atoms. The number of fused-ring (bicyclic) bond motifs is 1. The van der Waals surface area contributed by atoms with Gasteiger partial charge in [0.15, 0.2) is 5.13 Å². The minimum atomic E-state index is -0.0673. The topological polar surface area (TPSA) is 46.1 Å². The molecule has 0 bridgehead atoms. The van der Waals surface area contributed by atoms with Crippen LogP contribution in [0.15, 0.2) is 72.1 Å². The average Bonchev–Trinajstić information content (AvgIpc) is 3.15. The molecule has 4 nitrogen and oxygen atoms in total. The van der Waals surface area contributed by atoms with Gasteiger partial charge >= 0.3 is 0 Å². The van der Waals surface area contributed by atoms with E-state index >= 15 is 0 Å². The lowest BCUT2D eigenvalue weighted by atomic mass is 10.2. The van der Waals surface area contributed by atoms with Crippen molar-refractivity contribution in [3.8, 4) is 0 Å². The fourth-order valence-corrected chi connectivity index (χ4v) is 3.66. The molecule has 0 saturated carbocycles. The molecular weight excluding hydrogens is 354 g/mol. The predicted molar refractivity (Wildman–Crippen MR) is 112 cm³/mol. The molecule has 0 fully saturated rings. The highest BCUT2D eigenvalue weighted by Gasteiger charge is 2.17. The smallest absolute Gasteiger partial charge is 0.230 e. The van der Waals surface area contributed by atoms with Crippen LogP contribution in [0, 0.1) is 0 Å². The molecule has 2 heterocycles. The van der Waals surface area contributed by atoms with E-state index < -0.39 is 0 Å². The Morgan fingerprint density at radius 3 is 2.44 bits per heavy atom. The minimum Gasteiger partial charge on any atom is -0.274 e. The zero-order valence-electron chi connectivity index (χ0n) is 14.7. The van der Waals surface area contributed by atoms with E-state index in [0.717, 1.165) is 28.0 Å². The number of thiazole rings is 1. The zero-order valence-corrected chi connectivity index (χ0v) is 15.6. The van der Waals surface area contributed by atoms with Gasteiger partial charge in [0.2, 0.25) is 5.91 Å². The first kappa shape index (κ1) is 17.1. The molecule has 0 N–H and O–H groups in total. The van der Waals surface area contributed by atoms with Crippen molar-refractivity contribution in [2.75, 3.05) is 4.90 Å². The molecule has 132 valence electrons. The summed E-state index contributed by atoms with van der Waals surface area (Å²) in [5.74, 6) is -0.0673. The zero-order chi connectivity index (χ0) is 18.6. The van der Waals surface area contributed by atoms with Crippen molar-refractivity contribution in [2.45, 2.75) is 6.92 Å². The van der Waals surface area contributed by atoms with Crippen LogP contribution in [0.5, 0.6) is 0 Å². The third kappa shape index (κ3) is 3.78. The number of rotatable bonds is 4. The maximum Gasteiger partial charge on any atom is 0.230 e. The molecule has 1 amide bonds. The quantitative estimate of drug-likeness (QED) is 0.473. The lowest BCUT2D eigenvalue weighted by Gasteiger charge is -2.17. The van der Waals surface area contributed by atoms with Crippen LogP contribution in [0.1, 0.15) is 18.3 Å². The molecule has 4 aromatic rings. The van der Waals surface area contributed by atoms with E-state index in [0.29, 0.717) is 5.13 Å². The van der Waals surface area contributed by atoms with Gasteiger partial charge in [-0.25, -0.2) is 9.97 Å². The second-order valence-corrected chi connectivity index (χ2v) is 6.84. The summed E-state index contributed by atoms with van der Waals surface area (Å²) in [6.07, 6.45) is 3.85. The van der Waals surface area contributed by atoms with E-state index in [-0.39, 0.29) is 5.91 Å². The highest BCUT2D eigenvalue weighted by atomic mass is 32.1. The summed E-state index contributed by atoms with van der Waals surface area (Å²) in [5, 5.41) is 3.71. The Bertz CT molecular complexity index is 1120. The average molecular weight is 371 g/mol. The van der Waals surface area contributed by atoms with Crippen molar-refractivity contribution in [3.05, 3.63) is 83.5 Å². The first-order chi connectivity index (χ1) is 13.2. The lowest BCUT2D eigenvalue weighted by Crippen LogP contribution is -2.22. The summed E-state index contributed by atoms with van der Waals surface area (Å²) in [6, 6.07) is 21.6.